The molecule has 0 aromatic heterocycles. The number of hydrogen-bond acceptors (Lipinski definition) is 4. The van der Waals surface area contributed by atoms with Crippen molar-refractivity contribution in [1.29, 1.82) is 0 Å². The highest BCUT2D eigenvalue weighted by atomic mass is 32.2. The van der Waals surface area contributed by atoms with Crippen LogP contribution in [0.15, 0.2) is 65.6 Å². The second-order valence-electron chi connectivity index (χ2n) is 6.35. The Kier molecular flexibility index (Phi) is 5.38. The van der Waals surface area contributed by atoms with Crippen molar-refractivity contribution in [3.63, 3.8) is 0 Å². The first-order chi connectivity index (χ1) is 13.5. The van der Waals surface area contributed by atoms with Crippen LogP contribution in [0.5, 0.6) is 0 Å². The van der Waals surface area contributed by atoms with Gasteiger partial charge in [-0.25, -0.2) is 13.6 Å². The van der Waals surface area contributed by atoms with Gasteiger partial charge in [0, 0.05) is 0 Å². The molecule has 0 radical (unpaired) electrons. The molecule has 1 atom stereocenters. The first-order valence-corrected chi connectivity index (χ1v) is 9.88. The van der Waals surface area contributed by atoms with Gasteiger partial charge in [-0.15, -0.1) is 0 Å². The van der Waals surface area contributed by atoms with Crippen molar-refractivity contribution in [1.82, 2.24) is 0 Å². The summed E-state index contributed by atoms with van der Waals surface area (Å²) in [7, 11) is -2.63. The zero-order valence-electron chi connectivity index (χ0n) is 15.1. The van der Waals surface area contributed by atoms with Gasteiger partial charge in [0.2, 0.25) is 10.0 Å². The highest BCUT2D eigenvalue weighted by Gasteiger charge is 2.31. The monoisotopic (exact) mass is 423 g/mol. The van der Waals surface area contributed by atoms with Crippen LogP contribution in [0.25, 0.3) is 11.1 Å². The van der Waals surface area contributed by atoms with Gasteiger partial charge in [0.25, 0.3) is 0 Å². The second-order valence-corrected chi connectivity index (χ2v) is 7.92. The molecule has 2 N–H and O–H groups in total. The Morgan fingerprint density at radius 1 is 0.931 bits per heavy atom. The molecule has 0 heterocycles. The number of alkyl halides is 3. The zero-order chi connectivity index (χ0) is 21.4. The van der Waals surface area contributed by atoms with E-state index < -0.39 is 33.7 Å². The third kappa shape index (κ3) is 4.41. The maximum Gasteiger partial charge on any atom is 0.416 e. The van der Waals surface area contributed by atoms with E-state index in [-0.39, 0.29) is 4.90 Å². The molecule has 0 spiro atoms. The number of sulfonamides is 1. The topological polar surface area (TPSA) is 86.5 Å². The largest absolute Gasteiger partial charge is 0.468 e. The van der Waals surface area contributed by atoms with Crippen molar-refractivity contribution in [2.24, 2.45) is 11.1 Å². The number of allylic oxidation sites excluding steroid dienone is 2. The van der Waals surface area contributed by atoms with Crippen molar-refractivity contribution in [3.05, 3.63) is 77.4 Å². The van der Waals surface area contributed by atoms with Gasteiger partial charge in [0.15, 0.2) is 0 Å². The highest BCUT2D eigenvalue weighted by molar-refractivity contribution is 7.89. The van der Waals surface area contributed by atoms with Crippen molar-refractivity contribution in [2.75, 3.05) is 7.11 Å². The minimum Gasteiger partial charge on any atom is -0.468 e. The van der Waals surface area contributed by atoms with E-state index in [2.05, 4.69) is 0 Å². The zero-order valence-corrected chi connectivity index (χ0v) is 15.9. The molecule has 9 heteroatoms. The van der Waals surface area contributed by atoms with Crippen LogP contribution in [0.1, 0.15) is 16.7 Å². The fourth-order valence-corrected chi connectivity index (χ4v) is 3.54. The third-order valence-corrected chi connectivity index (χ3v) is 5.40. The van der Waals surface area contributed by atoms with Crippen LogP contribution < -0.4 is 5.14 Å². The van der Waals surface area contributed by atoms with Crippen LogP contribution in [-0.2, 0) is 25.7 Å². The van der Waals surface area contributed by atoms with Crippen molar-refractivity contribution in [3.8, 4) is 0 Å². The lowest BCUT2D eigenvalue weighted by Gasteiger charge is -2.12. The van der Waals surface area contributed by atoms with Crippen LogP contribution in [0.3, 0.4) is 0 Å². The number of methoxy groups -OCH3 is 1. The Morgan fingerprint density at radius 3 is 1.76 bits per heavy atom. The maximum atomic E-state index is 12.8. The third-order valence-electron chi connectivity index (χ3n) is 4.47. The molecule has 152 valence electrons. The predicted octanol–water partition coefficient (Wildman–Crippen LogP) is 3.62. The number of nitrogens with two attached hydrogens (primary N) is 1. The van der Waals surface area contributed by atoms with Crippen LogP contribution in [0, 0.1) is 5.92 Å². The fraction of sp³-hybridized carbons (Fsp3) is 0.150. The van der Waals surface area contributed by atoms with Crippen molar-refractivity contribution >= 4 is 27.1 Å². The molecule has 29 heavy (non-hydrogen) atoms. The van der Waals surface area contributed by atoms with Crippen LogP contribution in [0.4, 0.5) is 13.2 Å². The Bertz CT molecular complexity index is 1100. The molecular formula is C20H16F3NO4S. The molecule has 1 aliphatic carbocycles. The molecule has 0 amide bonds. The smallest absolute Gasteiger partial charge is 0.416 e. The maximum absolute atomic E-state index is 12.8. The van der Waals surface area contributed by atoms with Gasteiger partial charge in [-0.2, -0.15) is 13.2 Å². The lowest BCUT2D eigenvalue weighted by atomic mass is 9.94. The van der Waals surface area contributed by atoms with Gasteiger partial charge < -0.3 is 4.74 Å². The molecule has 2 aromatic carbocycles. The summed E-state index contributed by atoms with van der Waals surface area (Å²) < 4.78 is 66.2. The number of esters is 1. The van der Waals surface area contributed by atoms with Gasteiger partial charge in [0.1, 0.15) is 0 Å². The Hall–Kier alpha value is -2.91. The van der Waals surface area contributed by atoms with E-state index in [0.29, 0.717) is 22.3 Å². The number of carbonyl (C=O) groups excluding carboxylic acids is 1. The molecular weight excluding hydrogens is 407 g/mol. The normalized spacial score (nSPS) is 16.9. The Labute approximate surface area is 165 Å². The number of benzene rings is 2. The first kappa shape index (κ1) is 20.8. The van der Waals surface area contributed by atoms with E-state index in [4.69, 9.17) is 9.88 Å². The van der Waals surface area contributed by atoms with E-state index in [1.54, 1.807) is 12.2 Å². The summed E-state index contributed by atoms with van der Waals surface area (Å²) in [4.78, 5) is 11.9. The average molecular weight is 423 g/mol. The summed E-state index contributed by atoms with van der Waals surface area (Å²) in [6.07, 6.45) is -1.25. The standard InChI is InChI=1S/C20H16F3NO4S/c1-28-19(25)14-10-17(12-2-6-15(7-3-12)20(21,22)23)18(11-14)13-4-8-16(9-5-13)29(24,26)27/h2-11,14H,1H3,(H2,24,26,27). The quantitative estimate of drug-likeness (QED) is 0.761. The predicted molar refractivity (Wildman–Crippen MR) is 101 cm³/mol. The lowest BCUT2D eigenvalue weighted by Crippen LogP contribution is -2.11. The number of ether oxygens (including phenoxy) is 1. The van der Waals surface area contributed by atoms with E-state index in [0.717, 1.165) is 12.1 Å². The molecule has 0 saturated heterocycles. The van der Waals surface area contributed by atoms with Crippen LogP contribution >= 0.6 is 0 Å². The van der Waals surface area contributed by atoms with Gasteiger partial charge >= 0.3 is 12.1 Å². The molecule has 0 fully saturated rings. The molecule has 5 nitrogen and oxygen atoms in total. The number of primary sulfonamides is 1. The van der Waals surface area contributed by atoms with E-state index >= 15 is 0 Å². The Morgan fingerprint density at radius 2 is 1.38 bits per heavy atom. The minimum atomic E-state index is -4.46. The summed E-state index contributed by atoms with van der Waals surface area (Å²) in [5.74, 6) is -1.24. The summed E-state index contributed by atoms with van der Waals surface area (Å²) in [5, 5.41) is 5.10. The summed E-state index contributed by atoms with van der Waals surface area (Å²) in [6, 6.07) is 10.2. The molecule has 0 saturated carbocycles. The first-order valence-electron chi connectivity index (χ1n) is 8.33. The number of rotatable bonds is 4. The average Bonchev–Trinajstić information content (AvgIpc) is 3.11. The number of hydrogen-bond donors (Lipinski definition) is 1. The van der Waals surface area contributed by atoms with Crippen LogP contribution in [-0.4, -0.2) is 21.5 Å². The summed E-state index contributed by atoms with van der Waals surface area (Å²) >= 11 is 0. The molecule has 3 rings (SSSR count). The number of halogens is 3. The van der Waals surface area contributed by atoms with Gasteiger partial charge in [-0.05, 0) is 46.5 Å². The van der Waals surface area contributed by atoms with Gasteiger partial charge in [-0.1, -0.05) is 36.4 Å². The molecule has 2 aromatic rings. The molecule has 1 aliphatic rings. The van der Waals surface area contributed by atoms with E-state index in [1.165, 1.54) is 43.5 Å². The Balaban J connectivity index is 2.04. The molecule has 0 aliphatic heterocycles. The minimum absolute atomic E-state index is 0.0792. The molecule has 1 unspecified atom stereocenters. The summed E-state index contributed by atoms with van der Waals surface area (Å²) in [5.41, 5.74) is 1.38. The lowest BCUT2D eigenvalue weighted by molar-refractivity contribution is -0.142. The fourth-order valence-electron chi connectivity index (χ4n) is 3.03. The summed E-state index contributed by atoms with van der Waals surface area (Å²) in [6.45, 7) is 0. The van der Waals surface area contributed by atoms with Crippen molar-refractivity contribution in [2.45, 2.75) is 11.1 Å². The van der Waals surface area contributed by atoms with E-state index in [9.17, 15) is 26.4 Å². The highest BCUT2D eigenvalue weighted by Crippen LogP contribution is 2.40. The SMILES string of the molecule is COC(=O)C1C=C(c2ccc(C(F)(F)F)cc2)C(c2ccc(S(N)(=O)=O)cc2)=C1. The van der Waals surface area contributed by atoms with E-state index in [1.807, 2.05) is 0 Å². The van der Waals surface area contributed by atoms with Crippen LogP contribution in [0.2, 0.25) is 0 Å². The van der Waals surface area contributed by atoms with Gasteiger partial charge in [0.05, 0.1) is 23.5 Å². The van der Waals surface area contributed by atoms with Crippen molar-refractivity contribution < 1.29 is 31.1 Å². The molecule has 0 bridgehead atoms. The number of carbonyl (C=O) groups is 1. The van der Waals surface area contributed by atoms with Gasteiger partial charge in [-0.3, -0.25) is 4.79 Å². The second kappa shape index (κ2) is 7.49.